The van der Waals surface area contributed by atoms with Gasteiger partial charge in [-0.15, -0.1) is 10.2 Å². The molecule has 0 aromatic carbocycles. The topological polar surface area (TPSA) is 61.2 Å². The molecular weight excluding hydrogens is 232 g/mol. The van der Waals surface area contributed by atoms with Crippen molar-refractivity contribution in [2.75, 3.05) is 13.7 Å². The highest BCUT2D eigenvalue weighted by atomic mass is 16.5. The van der Waals surface area contributed by atoms with Crippen molar-refractivity contribution in [3.05, 3.63) is 12.2 Å². The summed E-state index contributed by atoms with van der Waals surface area (Å²) in [6.07, 6.45) is 3.12. The Morgan fingerprint density at radius 3 is 3.00 bits per heavy atom. The van der Waals surface area contributed by atoms with E-state index >= 15 is 0 Å². The Morgan fingerprint density at radius 2 is 2.33 bits per heavy atom. The summed E-state index contributed by atoms with van der Waals surface area (Å²) >= 11 is 0. The van der Waals surface area contributed by atoms with Crippen molar-refractivity contribution >= 4 is 0 Å². The number of nitrogens with one attached hydrogen (secondary N) is 1. The molecule has 102 valence electrons. The molecule has 0 radical (unpaired) electrons. The first-order chi connectivity index (χ1) is 8.80. The average molecular weight is 254 g/mol. The van der Waals surface area contributed by atoms with Gasteiger partial charge in [0, 0.05) is 26.3 Å². The molecule has 1 N–H and O–H groups in total. The van der Waals surface area contributed by atoms with Crippen molar-refractivity contribution in [2.24, 2.45) is 0 Å². The highest BCUT2D eigenvalue weighted by molar-refractivity contribution is 4.98. The number of ether oxygens (including phenoxy) is 2. The zero-order valence-corrected chi connectivity index (χ0v) is 11.3. The lowest BCUT2D eigenvalue weighted by Gasteiger charge is -2.43. The number of aryl methyl sites for hydroxylation is 1. The van der Waals surface area contributed by atoms with Gasteiger partial charge in [0.1, 0.15) is 12.2 Å². The summed E-state index contributed by atoms with van der Waals surface area (Å²) in [4.78, 5) is 0. The maximum Gasteiger partial charge on any atom is 0.146 e. The fourth-order valence-corrected chi connectivity index (χ4v) is 2.38. The predicted molar refractivity (Wildman–Crippen MR) is 67.2 cm³/mol. The van der Waals surface area contributed by atoms with Gasteiger partial charge >= 0.3 is 0 Å². The van der Waals surface area contributed by atoms with Gasteiger partial charge in [0.2, 0.25) is 0 Å². The third-order valence-electron chi connectivity index (χ3n) is 3.46. The van der Waals surface area contributed by atoms with E-state index in [4.69, 9.17) is 9.47 Å². The smallest absolute Gasteiger partial charge is 0.146 e. The van der Waals surface area contributed by atoms with E-state index in [1.165, 1.54) is 0 Å². The van der Waals surface area contributed by atoms with Crippen LogP contribution in [0.2, 0.25) is 0 Å². The minimum Gasteiger partial charge on any atom is -0.377 e. The van der Waals surface area contributed by atoms with E-state index in [2.05, 4.69) is 22.4 Å². The van der Waals surface area contributed by atoms with Crippen molar-refractivity contribution in [1.29, 1.82) is 0 Å². The Kier molecular flexibility index (Phi) is 4.68. The van der Waals surface area contributed by atoms with Crippen LogP contribution < -0.4 is 5.32 Å². The Hall–Kier alpha value is -0.980. The van der Waals surface area contributed by atoms with Crippen LogP contribution in [0.1, 0.15) is 26.1 Å². The number of rotatable bonds is 7. The van der Waals surface area contributed by atoms with E-state index in [0.717, 1.165) is 31.9 Å². The molecule has 1 aliphatic rings. The highest BCUT2D eigenvalue weighted by Gasteiger charge is 2.41. The van der Waals surface area contributed by atoms with Gasteiger partial charge in [-0.05, 0) is 20.3 Å². The lowest BCUT2D eigenvalue weighted by molar-refractivity contribution is -0.131. The Labute approximate surface area is 108 Å². The van der Waals surface area contributed by atoms with Crippen LogP contribution in [0, 0.1) is 0 Å². The summed E-state index contributed by atoms with van der Waals surface area (Å²) in [5.41, 5.74) is 0. The van der Waals surface area contributed by atoms with E-state index in [1.54, 1.807) is 13.4 Å². The average Bonchev–Trinajstić information content (AvgIpc) is 2.80. The molecule has 1 fully saturated rings. The number of aromatic nitrogens is 3. The minimum atomic E-state index is 0.142. The normalized spacial score (nSPS) is 27.2. The van der Waals surface area contributed by atoms with Crippen LogP contribution in [-0.4, -0.2) is 46.7 Å². The molecule has 18 heavy (non-hydrogen) atoms. The third kappa shape index (κ3) is 2.71. The number of hydrogen-bond donors (Lipinski definition) is 1. The first-order valence-electron chi connectivity index (χ1n) is 6.54. The summed E-state index contributed by atoms with van der Waals surface area (Å²) < 4.78 is 13.1. The maximum atomic E-state index is 5.60. The Morgan fingerprint density at radius 1 is 1.50 bits per heavy atom. The SMILES string of the molecule is CCOC1CC(NCc2nncn2CC)C1OC. The second-order valence-electron chi connectivity index (χ2n) is 4.45. The Balaban J connectivity index is 1.81. The van der Waals surface area contributed by atoms with Gasteiger partial charge in [0.05, 0.1) is 18.8 Å². The van der Waals surface area contributed by atoms with E-state index in [1.807, 2.05) is 11.5 Å². The van der Waals surface area contributed by atoms with E-state index in [9.17, 15) is 0 Å². The number of nitrogens with zero attached hydrogens (tertiary/aromatic N) is 3. The predicted octanol–water partition coefficient (Wildman–Crippen LogP) is 0.580. The fourth-order valence-electron chi connectivity index (χ4n) is 2.38. The fraction of sp³-hybridized carbons (Fsp3) is 0.833. The quantitative estimate of drug-likeness (QED) is 0.771. The minimum absolute atomic E-state index is 0.142. The molecule has 3 atom stereocenters. The molecule has 0 spiro atoms. The summed E-state index contributed by atoms with van der Waals surface area (Å²) in [7, 11) is 1.74. The number of methoxy groups -OCH3 is 1. The van der Waals surface area contributed by atoms with Crippen LogP contribution in [0.4, 0.5) is 0 Å². The summed E-state index contributed by atoms with van der Waals surface area (Å²) in [5.74, 6) is 0.965. The first-order valence-corrected chi connectivity index (χ1v) is 6.54. The summed E-state index contributed by atoms with van der Waals surface area (Å²) in [5, 5.41) is 11.5. The Bertz CT molecular complexity index is 369. The van der Waals surface area contributed by atoms with Crippen molar-refractivity contribution in [2.45, 2.75) is 51.6 Å². The summed E-state index contributed by atoms with van der Waals surface area (Å²) in [6.45, 7) is 6.44. The van der Waals surface area contributed by atoms with Crippen LogP contribution in [0.25, 0.3) is 0 Å². The van der Waals surface area contributed by atoms with E-state index in [0.29, 0.717) is 6.04 Å². The van der Waals surface area contributed by atoms with E-state index in [-0.39, 0.29) is 12.2 Å². The van der Waals surface area contributed by atoms with Crippen molar-refractivity contribution < 1.29 is 9.47 Å². The first kappa shape index (κ1) is 13.5. The molecule has 0 amide bonds. The van der Waals surface area contributed by atoms with Crippen molar-refractivity contribution in [3.8, 4) is 0 Å². The molecule has 1 aromatic rings. The van der Waals surface area contributed by atoms with Crippen LogP contribution in [-0.2, 0) is 22.6 Å². The van der Waals surface area contributed by atoms with Crippen molar-refractivity contribution in [3.63, 3.8) is 0 Å². The van der Waals surface area contributed by atoms with Crippen LogP contribution in [0.15, 0.2) is 6.33 Å². The van der Waals surface area contributed by atoms with Gasteiger partial charge in [-0.3, -0.25) is 0 Å². The molecule has 1 heterocycles. The molecule has 6 heteroatoms. The van der Waals surface area contributed by atoms with Gasteiger partial charge in [0.25, 0.3) is 0 Å². The lowest BCUT2D eigenvalue weighted by atomic mass is 9.85. The van der Waals surface area contributed by atoms with Gasteiger partial charge in [-0.2, -0.15) is 0 Å². The molecule has 2 rings (SSSR count). The molecular formula is C12H22N4O2. The maximum absolute atomic E-state index is 5.60. The highest BCUT2D eigenvalue weighted by Crippen LogP contribution is 2.27. The molecule has 6 nitrogen and oxygen atoms in total. The zero-order chi connectivity index (χ0) is 13.0. The monoisotopic (exact) mass is 254 g/mol. The van der Waals surface area contributed by atoms with Crippen molar-refractivity contribution in [1.82, 2.24) is 20.1 Å². The van der Waals surface area contributed by atoms with Gasteiger partial charge in [-0.1, -0.05) is 0 Å². The molecule has 3 unspecified atom stereocenters. The molecule has 0 saturated heterocycles. The lowest BCUT2D eigenvalue weighted by Crippen LogP contribution is -2.59. The van der Waals surface area contributed by atoms with E-state index < -0.39 is 0 Å². The second kappa shape index (κ2) is 6.26. The summed E-state index contributed by atoms with van der Waals surface area (Å²) in [6, 6.07) is 0.341. The largest absolute Gasteiger partial charge is 0.377 e. The molecule has 0 bridgehead atoms. The van der Waals surface area contributed by atoms with Gasteiger partial charge in [-0.25, -0.2) is 0 Å². The van der Waals surface area contributed by atoms with Crippen LogP contribution >= 0.6 is 0 Å². The molecule has 1 aromatic heterocycles. The van der Waals surface area contributed by atoms with Gasteiger partial charge in [0.15, 0.2) is 0 Å². The molecule has 1 aliphatic carbocycles. The zero-order valence-electron chi connectivity index (χ0n) is 11.3. The second-order valence-corrected chi connectivity index (χ2v) is 4.45. The van der Waals surface area contributed by atoms with Crippen LogP contribution in [0.3, 0.4) is 0 Å². The molecule has 1 saturated carbocycles. The molecule has 0 aliphatic heterocycles. The number of hydrogen-bond acceptors (Lipinski definition) is 5. The van der Waals surface area contributed by atoms with Crippen LogP contribution in [0.5, 0.6) is 0 Å². The van der Waals surface area contributed by atoms with Gasteiger partial charge < -0.3 is 19.4 Å². The third-order valence-corrected chi connectivity index (χ3v) is 3.46. The standard InChI is InChI=1S/C12H22N4O2/c1-4-16-8-14-15-11(16)7-13-9-6-10(18-5-2)12(9)17-3/h8-10,12-13H,4-7H2,1-3H3.